The van der Waals surface area contributed by atoms with Crippen LogP contribution in [0.3, 0.4) is 0 Å². The van der Waals surface area contributed by atoms with E-state index in [2.05, 4.69) is 10.5 Å². The molecule has 0 atom stereocenters. The minimum Gasteiger partial charge on any atom is -0.508 e. The Bertz CT molecular complexity index is 491. The van der Waals surface area contributed by atoms with E-state index < -0.39 is 11.7 Å². The van der Waals surface area contributed by atoms with Crippen LogP contribution in [0.4, 0.5) is 10.1 Å². The van der Waals surface area contributed by atoms with Crippen molar-refractivity contribution >= 4 is 17.2 Å². The molecule has 0 unspecified atom stereocenters. The van der Waals surface area contributed by atoms with E-state index in [0.29, 0.717) is 0 Å². The summed E-state index contributed by atoms with van der Waals surface area (Å²) in [6, 6.07) is 4.85. The number of rotatable bonds is 3. The maximum absolute atomic E-state index is 13.1. The number of aromatic hydroxyl groups is 1. The third-order valence-corrected chi connectivity index (χ3v) is 1.60. The lowest BCUT2D eigenvalue weighted by atomic mass is 10.3. The molecule has 0 bridgehead atoms. The van der Waals surface area contributed by atoms with Gasteiger partial charge in [0, 0.05) is 6.07 Å². The largest absolute Gasteiger partial charge is 0.508 e. The van der Waals surface area contributed by atoms with Gasteiger partial charge in [0.15, 0.2) is 5.84 Å². The molecule has 0 aliphatic heterocycles. The maximum atomic E-state index is 13.1. The third kappa shape index (κ3) is 2.68. The summed E-state index contributed by atoms with van der Waals surface area (Å²) in [6.07, 6.45) is 0. The van der Waals surface area contributed by atoms with Crippen LogP contribution < -0.4 is 11.2 Å². The zero-order chi connectivity index (χ0) is 12.1. The van der Waals surface area contributed by atoms with E-state index in [1.807, 2.05) is 0 Å². The molecule has 16 heavy (non-hydrogen) atoms. The van der Waals surface area contributed by atoms with E-state index in [0.717, 1.165) is 12.1 Å². The third-order valence-electron chi connectivity index (χ3n) is 1.60. The SMILES string of the molecule is N#C/C(=N\Nc1cc(O)ccc1F)C(=N)N. The van der Waals surface area contributed by atoms with Crippen LogP contribution in [0.25, 0.3) is 0 Å². The standard InChI is InChI=1S/C9H8FN5O/c10-6-2-1-5(16)3-7(6)14-15-8(4-11)9(12)13/h1-3,14,16H,(H3,12,13)/b15-8+. The van der Waals surface area contributed by atoms with Crippen LogP contribution in [-0.4, -0.2) is 16.7 Å². The molecule has 6 nitrogen and oxygen atoms in total. The summed E-state index contributed by atoms with van der Waals surface area (Å²) < 4.78 is 13.1. The summed E-state index contributed by atoms with van der Waals surface area (Å²) in [5.74, 6) is -1.33. The number of hydrogen-bond acceptors (Lipinski definition) is 5. The van der Waals surface area contributed by atoms with Crippen molar-refractivity contribution in [3.8, 4) is 11.8 Å². The molecule has 82 valence electrons. The first-order valence-corrected chi connectivity index (χ1v) is 4.11. The Kier molecular flexibility index (Phi) is 3.40. The van der Waals surface area contributed by atoms with Crippen molar-refractivity contribution in [2.24, 2.45) is 10.8 Å². The van der Waals surface area contributed by atoms with E-state index in [1.54, 1.807) is 6.07 Å². The van der Waals surface area contributed by atoms with Crippen LogP contribution in [-0.2, 0) is 0 Å². The number of phenolic OH excluding ortho intramolecular Hbond substituents is 1. The Morgan fingerprint density at radius 2 is 2.31 bits per heavy atom. The minimum absolute atomic E-state index is 0.117. The second-order valence-electron chi connectivity index (χ2n) is 2.76. The van der Waals surface area contributed by atoms with Gasteiger partial charge in [-0.15, -0.1) is 0 Å². The Labute approximate surface area is 90.3 Å². The number of hydrogen-bond donors (Lipinski definition) is 4. The van der Waals surface area contributed by atoms with E-state index in [4.69, 9.17) is 21.5 Å². The van der Waals surface area contributed by atoms with Crippen LogP contribution in [0.1, 0.15) is 0 Å². The molecule has 1 aromatic carbocycles. The highest BCUT2D eigenvalue weighted by Gasteiger charge is 2.04. The number of nitrogens with two attached hydrogens (primary N) is 1. The lowest BCUT2D eigenvalue weighted by Gasteiger charge is -2.03. The second-order valence-corrected chi connectivity index (χ2v) is 2.76. The van der Waals surface area contributed by atoms with Gasteiger partial charge in [0.2, 0.25) is 5.71 Å². The first-order valence-electron chi connectivity index (χ1n) is 4.11. The van der Waals surface area contributed by atoms with Gasteiger partial charge in [-0.1, -0.05) is 0 Å². The molecule has 0 aromatic heterocycles. The van der Waals surface area contributed by atoms with Crippen molar-refractivity contribution in [2.75, 3.05) is 5.43 Å². The van der Waals surface area contributed by atoms with Crippen molar-refractivity contribution in [1.29, 1.82) is 10.7 Å². The van der Waals surface area contributed by atoms with E-state index in [9.17, 15) is 4.39 Å². The fourth-order valence-electron chi connectivity index (χ4n) is 0.861. The molecule has 0 fully saturated rings. The minimum atomic E-state index is -0.651. The lowest BCUT2D eigenvalue weighted by Crippen LogP contribution is -2.21. The zero-order valence-electron chi connectivity index (χ0n) is 8.03. The van der Waals surface area contributed by atoms with Gasteiger partial charge in [0.25, 0.3) is 0 Å². The van der Waals surface area contributed by atoms with Crippen molar-refractivity contribution in [3.05, 3.63) is 24.0 Å². The summed E-state index contributed by atoms with van der Waals surface area (Å²) >= 11 is 0. The van der Waals surface area contributed by atoms with Gasteiger partial charge in [-0.25, -0.2) is 4.39 Å². The molecule has 7 heteroatoms. The Hall–Kier alpha value is -2.62. The highest BCUT2D eigenvalue weighted by molar-refractivity contribution is 6.45. The van der Waals surface area contributed by atoms with E-state index >= 15 is 0 Å². The quantitative estimate of drug-likeness (QED) is 0.342. The molecule has 5 N–H and O–H groups in total. The van der Waals surface area contributed by atoms with Crippen molar-refractivity contribution in [3.63, 3.8) is 0 Å². The number of nitrogens with one attached hydrogen (secondary N) is 2. The molecule has 0 spiro atoms. The molecular formula is C9H8FN5O. The van der Waals surface area contributed by atoms with Gasteiger partial charge < -0.3 is 10.8 Å². The summed E-state index contributed by atoms with van der Waals surface area (Å²) in [7, 11) is 0. The average Bonchev–Trinajstić information content (AvgIpc) is 2.23. The topological polar surface area (TPSA) is 118 Å². The van der Waals surface area contributed by atoms with Gasteiger partial charge in [-0.2, -0.15) is 10.4 Å². The number of benzene rings is 1. The average molecular weight is 221 g/mol. The molecule has 1 aromatic rings. The first-order chi connectivity index (χ1) is 7.54. The highest BCUT2D eigenvalue weighted by Crippen LogP contribution is 2.19. The fraction of sp³-hybridized carbons (Fsp3) is 0. The van der Waals surface area contributed by atoms with E-state index in [1.165, 1.54) is 6.07 Å². The van der Waals surface area contributed by atoms with Crippen LogP contribution in [0.2, 0.25) is 0 Å². The molecule has 0 aliphatic rings. The number of hydrazone groups is 1. The molecule has 0 amide bonds. The predicted octanol–water partition coefficient (Wildman–Crippen LogP) is 0.759. The molecule has 0 heterocycles. The molecule has 0 saturated heterocycles. The van der Waals surface area contributed by atoms with Gasteiger partial charge in [0.05, 0.1) is 5.69 Å². The number of nitriles is 1. The van der Waals surface area contributed by atoms with Gasteiger partial charge in [0.1, 0.15) is 17.6 Å². The van der Waals surface area contributed by atoms with E-state index in [-0.39, 0.29) is 17.1 Å². The number of nitrogens with zero attached hydrogens (tertiary/aromatic N) is 2. The number of anilines is 1. The fourth-order valence-corrected chi connectivity index (χ4v) is 0.861. The summed E-state index contributed by atoms with van der Waals surface area (Å²) in [5.41, 5.74) is 6.73. The van der Waals surface area contributed by atoms with Crippen LogP contribution in [0.15, 0.2) is 23.3 Å². The molecule has 1 rings (SSSR count). The normalized spacial score (nSPS) is 10.6. The monoisotopic (exact) mass is 221 g/mol. The predicted molar refractivity (Wildman–Crippen MR) is 56.6 cm³/mol. The van der Waals surface area contributed by atoms with Crippen LogP contribution >= 0.6 is 0 Å². The number of phenols is 1. The maximum Gasteiger partial charge on any atom is 0.201 e. The Morgan fingerprint density at radius 3 is 2.88 bits per heavy atom. The highest BCUT2D eigenvalue weighted by atomic mass is 19.1. The zero-order valence-corrected chi connectivity index (χ0v) is 8.03. The summed E-state index contributed by atoms with van der Waals surface area (Å²) in [6.45, 7) is 0. The molecular weight excluding hydrogens is 213 g/mol. The van der Waals surface area contributed by atoms with Crippen LogP contribution in [0.5, 0.6) is 5.75 Å². The lowest BCUT2D eigenvalue weighted by molar-refractivity contribution is 0.473. The second kappa shape index (κ2) is 4.75. The summed E-state index contributed by atoms with van der Waals surface area (Å²) in [5, 5.41) is 28.0. The molecule has 0 aliphatic carbocycles. The number of amidine groups is 1. The van der Waals surface area contributed by atoms with Crippen molar-refractivity contribution in [2.45, 2.75) is 0 Å². The molecule has 0 saturated carbocycles. The van der Waals surface area contributed by atoms with Gasteiger partial charge in [-0.05, 0) is 12.1 Å². The first kappa shape index (κ1) is 11.5. The Morgan fingerprint density at radius 1 is 1.62 bits per heavy atom. The van der Waals surface area contributed by atoms with Crippen LogP contribution in [0, 0.1) is 22.6 Å². The van der Waals surface area contributed by atoms with Crippen molar-refractivity contribution < 1.29 is 9.50 Å². The Balaban J connectivity index is 2.94. The van der Waals surface area contributed by atoms with Gasteiger partial charge >= 0.3 is 0 Å². The van der Waals surface area contributed by atoms with Crippen molar-refractivity contribution in [1.82, 2.24) is 0 Å². The smallest absolute Gasteiger partial charge is 0.201 e. The summed E-state index contributed by atoms with van der Waals surface area (Å²) in [4.78, 5) is 0. The molecule has 0 radical (unpaired) electrons. The number of halogens is 1. The van der Waals surface area contributed by atoms with Gasteiger partial charge in [-0.3, -0.25) is 10.8 Å².